The summed E-state index contributed by atoms with van der Waals surface area (Å²) in [6, 6.07) is 5.90. The topological polar surface area (TPSA) is 34.6 Å². The van der Waals surface area contributed by atoms with Gasteiger partial charge in [-0.25, -0.2) is 4.98 Å². The maximum Gasteiger partial charge on any atom is 0.417 e. The molecule has 4 rings (SSSR count). The lowest BCUT2D eigenvalue weighted by atomic mass is 10.0. The SMILES string of the molecule is CCCOc1cc(C(F)(F)F)ccc1OSC1CC2CCC(C1)N2c1ccc(C(F)(F)F)cn1. The van der Waals surface area contributed by atoms with Gasteiger partial charge in [0.25, 0.3) is 0 Å². The predicted octanol–water partition coefficient (Wildman–Crippen LogP) is 7.14. The second-order valence-electron chi connectivity index (χ2n) is 8.48. The van der Waals surface area contributed by atoms with E-state index in [0.717, 1.165) is 50.1 Å². The van der Waals surface area contributed by atoms with Crippen LogP contribution < -0.4 is 13.8 Å². The Hall–Kier alpha value is -2.30. The van der Waals surface area contributed by atoms with Crippen LogP contribution in [0.4, 0.5) is 32.2 Å². The third-order valence-electron chi connectivity index (χ3n) is 6.04. The van der Waals surface area contributed by atoms with Gasteiger partial charge < -0.3 is 13.8 Å². The summed E-state index contributed by atoms with van der Waals surface area (Å²) >= 11 is 1.20. The predicted molar refractivity (Wildman–Crippen MR) is 117 cm³/mol. The molecule has 2 aromatic rings. The lowest BCUT2D eigenvalue weighted by Crippen LogP contribution is -2.44. The molecule has 2 aliphatic heterocycles. The maximum atomic E-state index is 13.1. The van der Waals surface area contributed by atoms with Gasteiger partial charge in [-0.2, -0.15) is 26.3 Å². The minimum absolute atomic E-state index is 0.0542. The molecule has 0 saturated carbocycles. The van der Waals surface area contributed by atoms with Crippen LogP contribution in [0.1, 0.15) is 50.2 Å². The van der Waals surface area contributed by atoms with Gasteiger partial charge in [0.1, 0.15) is 5.82 Å². The van der Waals surface area contributed by atoms with Crippen LogP contribution in [0, 0.1) is 0 Å². The van der Waals surface area contributed by atoms with Gasteiger partial charge in [0, 0.05) is 23.5 Å². The van der Waals surface area contributed by atoms with Crippen molar-refractivity contribution in [1.29, 1.82) is 0 Å². The van der Waals surface area contributed by atoms with Crippen molar-refractivity contribution in [3.63, 3.8) is 0 Å². The monoisotopic (exact) mass is 506 g/mol. The van der Waals surface area contributed by atoms with E-state index in [-0.39, 0.29) is 35.4 Å². The lowest BCUT2D eigenvalue weighted by Gasteiger charge is -2.39. The highest BCUT2D eigenvalue weighted by Crippen LogP contribution is 2.44. The number of aromatic nitrogens is 1. The number of nitrogens with zero attached hydrogens (tertiary/aromatic N) is 2. The summed E-state index contributed by atoms with van der Waals surface area (Å²) in [5, 5.41) is 0.0875. The van der Waals surface area contributed by atoms with Crippen LogP contribution in [0.2, 0.25) is 0 Å². The Balaban J connectivity index is 1.41. The molecule has 2 aliphatic rings. The molecule has 11 heteroatoms. The standard InChI is InChI=1S/C23H24F6N2O2S/c1-2-9-32-20-10-14(22(24,25)26)3-7-19(20)33-34-18-11-16-5-6-17(12-18)31(16)21-8-4-15(13-30-21)23(27,28)29/h3-4,7-8,10,13,16-18H,2,5-6,9,11-12H2,1H3. The molecule has 2 bridgehead atoms. The summed E-state index contributed by atoms with van der Waals surface area (Å²) in [5.41, 5.74) is -1.58. The Labute approximate surface area is 197 Å². The van der Waals surface area contributed by atoms with Crippen LogP contribution in [0.3, 0.4) is 0 Å². The van der Waals surface area contributed by atoms with Crippen LogP contribution >= 0.6 is 12.0 Å². The Morgan fingerprint density at radius 2 is 1.59 bits per heavy atom. The molecule has 2 unspecified atom stereocenters. The number of halogens is 6. The Morgan fingerprint density at radius 1 is 0.941 bits per heavy atom. The van der Waals surface area contributed by atoms with E-state index in [9.17, 15) is 26.3 Å². The first-order valence-corrected chi connectivity index (χ1v) is 11.9. The van der Waals surface area contributed by atoms with Crippen molar-refractivity contribution in [3.05, 3.63) is 47.7 Å². The molecule has 3 heterocycles. The molecule has 34 heavy (non-hydrogen) atoms. The quantitative estimate of drug-likeness (QED) is 0.295. The first-order valence-electron chi connectivity index (χ1n) is 11.0. The highest BCUT2D eigenvalue weighted by Gasteiger charge is 2.42. The Kier molecular flexibility index (Phi) is 7.12. The van der Waals surface area contributed by atoms with E-state index in [2.05, 4.69) is 9.88 Å². The molecule has 2 fully saturated rings. The van der Waals surface area contributed by atoms with E-state index < -0.39 is 23.5 Å². The number of ether oxygens (including phenoxy) is 1. The number of hydrogen-bond donors (Lipinski definition) is 0. The van der Waals surface area contributed by atoms with Gasteiger partial charge >= 0.3 is 12.4 Å². The summed E-state index contributed by atoms with van der Waals surface area (Å²) in [7, 11) is 0. The number of hydrogen-bond acceptors (Lipinski definition) is 5. The third kappa shape index (κ3) is 5.50. The summed E-state index contributed by atoms with van der Waals surface area (Å²) < 4.78 is 89.1. The highest BCUT2D eigenvalue weighted by molar-refractivity contribution is 7.95. The second-order valence-corrected chi connectivity index (χ2v) is 9.50. The maximum absolute atomic E-state index is 13.1. The molecule has 0 radical (unpaired) electrons. The smallest absolute Gasteiger partial charge is 0.417 e. The van der Waals surface area contributed by atoms with Crippen LogP contribution in [-0.2, 0) is 12.4 Å². The normalized spacial score (nSPS) is 22.7. The molecule has 0 aliphatic carbocycles. The van der Waals surface area contributed by atoms with Crippen LogP contribution in [0.5, 0.6) is 11.5 Å². The number of benzene rings is 1. The van der Waals surface area contributed by atoms with Gasteiger partial charge in [-0.15, -0.1) is 0 Å². The summed E-state index contributed by atoms with van der Waals surface area (Å²) in [5.74, 6) is 0.826. The molecule has 2 saturated heterocycles. The molecule has 1 aromatic carbocycles. The van der Waals surface area contributed by atoms with Gasteiger partial charge in [-0.3, -0.25) is 0 Å². The van der Waals surface area contributed by atoms with E-state index in [4.69, 9.17) is 8.92 Å². The number of alkyl halides is 6. The summed E-state index contributed by atoms with van der Waals surface area (Å²) in [6.07, 6.45) is -4.14. The first kappa shape index (κ1) is 24.8. The fraction of sp³-hybridized carbons (Fsp3) is 0.522. The number of piperidine rings is 1. The van der Waals surface area contributed by atoms with Crippen molar-refractivity contribution in [2.75, 3.05) is 11.5 Å². The third-order valence-corrected chi connectivity index (χ3v) is 6.97. The lowest BCUT2D eigenvalue weighted by molar-refractivity contribution is -0.138. The van der Waals surface area contributed by atoms with E-state index in [1.165, 1.54) is 24.2 Å². The van der Waals surface area contributed by atoms with Crippen molar-refractivity contribution in [2.24, 2.45) is 0 Å². The zero-order valence-corrected chi connectivity index (χ0v) is 19.1. The zero-order valence-electron chi connectivity index (χ0n) is 18.3. The highest BCUT2D eigenvalue weighted by atomic mass is 32.2. The number of anilines is 1. The number of rotatable bonds is 7. The average molecular weight is 507 g/mol. The molecule has 186 valence electrons. The van der Waals surface area contributed by atoms with Crippen molar-refractivity contribution in [1.82, 2.24) is 4.98 Å². The molecule has 2 atom stereocenters. The van der Waals surface area contributed by atoms with Gasteiger partial charge in [0.2, 0.25) is 0 Å². The fourth-order valence-corrected chi connectivity index (χ4v) is 5.46. The molecule has 4 nitrogen and oxygen atoms in total. The number of pyridine rings is 1. The first-order chi connectivity index (χ1) is 16.1. The molecule has 0 amide bonds. The summed E-state index contributed by atoms with van der Waals surface area (Å²) in [4.78, 5) is 6.14. The molecule has 1 aromatic heterocycles. The van der Waals surface area contributed by atoms with Crippen LogP contribution in [0.15, 0.2) is 36.5 Å². The van der Waals surface area contributed by atoms with Gasteiger partial charge in [0.15, 0.2) is 11.5 Å². The molecular formula is C23H24F6N2O2S. The van der Waals surface area contributed by atoms with Crippen molar-refractivity contribution < 1.29 is 35.3 Å². The average Bonchev–Trinajstić information content (AvgIpc) is 3.05. The minimum Gasteiger partial charge on any atom is -0.490 e. The van der Waals surface area contributed by atoms with Gasteiger partial charge in [-0.1, -0.05) is 6.92 Å². The molecular weight excluding hydrogens is 482 g/mol. The van der Waals surface area contributed by atoms with Crippen molar-refractivity contribution in [2.45, 2.75) is 68.7 Å². The zero-order chi connectivity index (χ0) is 24.5. The van der Waals surface area contributed by atoms with Crippen LogP contribution in [0.25, 0.3) is 0 Å². The minimum atomic E-state index is -4.48. The van der Waals surface area contributed by atoms with Crippen LogP contribution in [-0.4, -0.2) is 28.9 Å². The van der Waals surface area contributed by atoms with E-state index in [0.29, 0.717) is 12.2 Å². The largest absolute Gasteiger partial charge is 0.490 e. The van der Waals surface area contributed by atoms with Crippen molar-refractivity contribution in [3.8, 4) is 11.5 Å². The number of fused-ring (bicyclic) bond motifs is 2. The van der Waals surface area contributed by atoms with Crippen molar-refractivity contribution >= 4 is 17.9 Å². The molecule has 0 N–H and O–H groups in total. The second kappa shape index (κ2) is 9.75. The van der Waals surface area contributed by atoms with Gasteiger partial charge in [-0.05, 0) is 62.4 Å². The van der Waals surface area contributed by atoms with Gasteiger partial charge in [0.05, 0.1) is 29.8 Å². The fourth-order valence-electron chi connectivity index (χ4n) is 4.48. The molecule has 0 spiro atoms. The van der Waals surface area contributed by atoms with E-state index >= 15 is 0 Å². The van der Waals surface area contributed by atoms with E-state index in [1.54, 1.807) is 0 Å². The van der Waals surface area contributed by atoms with E-state index in [1.807, 2.05) is 6.92 Å². The Bertz CT molecular complexity index is 969. The summed E-state index contributed by atoms with van der Waals surface area (Å²) in [6.45, 7) is 2.13. The Morgan fingerprint density at radius 3 is 2.15 bits per heavy atom.